The van der Waals surface area contributed by atoms with Crippen LogP contribution in [-0.4, -0.2) is 35.4 Å². The molecule has 1 aromatic heterocycles. The predicted molar refractivity (Wildman–Crippen MR) is 87.1 cm³/mol. The van der Waals surface area contributed by atoms with Gasteiger partial charge in [-0.15, -0.1) is 0 Å². The van der Waals surface area contributed by atoms with Gasteiger partial charge < -0.3 is 9.64 Å². The zero-order chi connectivity index (χ0) is 19.2. The highest BCUT2D eigenvalue weighted by Crippen LogP contribution is 2.29. The zero-order valence-corrected chi connectivity index (χ0v) is 14.0. The second kappa shape index (κ2) is 8.46. The number of hydrogen-bond donors (Lipinski definition) is 0. The lowest BCUT2D eigenvalue weighted by molar-refractivity contribution is -0.141. The molecule has 2 aromatic rings. The molecular weight excluding hydrogens is 349 g/mol. The molecule has 0 aliphatic heterocycles. The minimum Gasteiger partial charge on any atom is -0.469 e. The van der Waals surface area contributed by atoms with E-state index < -0.39 is 23.6 Å². The van der Waals surface area contributed by atoms with Crippen LogP contribution >= 0.6 is 0 Å². The third-order valence-corrected chi connectivity index (χ3v) is 3.66. The van der Waals surface area contributed by atoms with Gasteiger partial charge in [-0.1, -0.05) is 6.07 Å². The lowest BCUT2D eigenvalue weighted by atomic mass is 10.1. The van der Waals surface area contributed by atoms with Crippen molar-refractivity contribution in [3.8, 4) is 0 Å². The van der Waals surface area contributed by atoms with Crippen molar-refractivity contribution in [1.29, 1.82) is 0 Å². The van der Waals surface area contributed by atoms with Crippen molar-refractivity contribution >= 4 is 11.9 Å². The highest BCUT2D eigenvalue weighted by atomic mass is 19.4. The summed E-state index contributed by atoms with van der Waals surface area (Å²) in [6, 6.07) is 7.43. The molecule has 26 heavy (non-hydrogen) atoms. The molecule has 1 heterocycles. The maximum atomic E-state index is 12.7. The summed E-state index contributed by atoms with van der Waals surface area (Å²) in [5.41, 5.74) is 0.00630. The Morgan fingerprint density at radius 3 is 2.38 bits per heavy atom. The summed E-state index contributed by atoms with van der Waals surface area (Å²) in [5.74, 6) is -0.965. The van der Waals surface area contributed by atoms with Crippen LogP contribution in [-0.2, 0) is 22.3 Å². The molecule has 1 aromatic carbocycles. The van der Waals surface area contributed by atoms with E-state index in [1.165, 1.54) is 12.0 Å². The van der Waals surface area contributed by atoms with Gasteiger partial charge in [0, 0.05) is 31.0 Å². The van der Waals surface area contributed by atoms with Crippen LogP contribution in [0.1, 0.15) is 27.9 Å². The van der Waals surface area contributed by atoms with E-state index in [9.17, 15) is 22.8 Å². The summed E-state index contributed by atoms with van der Waals surface area (Å²) in [6.45, 7) is 0.242. The number of carbonyl (C=O) groups is 2. The standard InChI is InChI=1S/C18H17F3N2O3/c1-26-16(24)8-10-23(12-13-3-2-9-22-11-13)17(25)14-4-6-15(7-5-14)18(19,20)21/h2-7,9,11H,8,10,12H2,1H3. The minimum absolute atomic E-state index is 0.0247. The number of alkyl halides is 3. The van der Waals surface area contributed by atoms with Crippen molar-refractivity contribution in [1.82, 2.24) is 9.88 Å². The number of hydrogen-bond acceptors (Lipinski definition) is 4. The SMILES string of the molecule is COC(=O)CCN(Cc1cccnc1)C(=O)c1ccc(C(F)(F)F)cc1. The van der Waals surface area contributed by atoms with Crippen molar-refractivity contribution in [2.24, 2.45) is 0 Å². The first kappa shape index (κ1) is 19.4. The van der Waals surface area contributed by atoms with Gasteiger partial charge in [0.1, 0.15) is 0 Å². The second-order valence-corrected chi connectivity index (χ2v) is 5.49. The summed E-state index contributed by atoms with van der Waals surface area (Å²) in [4.78, 5) is 29.4. The summed E-state index contributed by atoms with van der Waals surface area (Å²) in [6.07, 6.45) is -1.34. The largest absolute Gasteiger partial charge is 0.469 e. The molecule has 138 valence electrons. The zero-order valence-electron chi connectivity index (χ0n) is 14.0. The Balaban J connectivity index is 2.19. The van der Waals surface area contributed by atoms with E-state index in [0.717, 1.165) is 29.8 Å². The number of esters is 1. The Kier molecular flexibility index (Phi) is 6.32. The van der Waals surface area contributed by atoms with E-state index in [1.54, 1.807) is 24.5 Å². The van der Waals surface area contributed by atoms with Gasteiger partial charge in [-0.25, -0.2) is 0 Å². The molecule has 2 rings (SSSR count). The van der Waals surface area contributed by atoms with E-state index in [4.69, 9.17) is 0 Å². The monoisotopic (exact) mass is 366 g/mol. The molecule has 0 fully saturated rings. The number of nitrogens with zero attached hydrogens (tertiary/aromatic N) is 2. The number of aromatic nitrogens is 1. The van der Waals surface area contributed by atoms with Crippen molar-refractivity contribution < 1.29 is 27.5 Å². The van der Waals surface area contributed by atoms with Crippen molar-refractivity contribution in [2.75, 3.05) is 13.7 Å². The quantitative estimate of drug-likeness (QED) is 0.736. The molecule has 0 aliphatic carbocycles. The van der Waals surface area contributed by atoms with E-state index in [-0.39, 0.29) is 25.1 Å². The van der Waals surface area contributed by atoms with E-state index in [1.807, 2.05) is 0 Å². The van der Waals surface area contributed by atoms with Crippen LogP contribution in [0.4, 0.5) is 13.2 Å². The number of pyridine rings is 1. The van der Waals surface area contributed by atoms with Gasteiger partial charge in [-0.2, -0.15) is 13.2 Å². The molecule has 0 N–H and O–H groups in total. The summed E-state index contributed by atoms with van der Waals surface area (Å²) in [7, 11) is 1.24. The summed E-state index contributed by atoms with van der Waals surface area (Å²) >= 11 is 0. The normalized spacial score (nSPS) is 11.1. The van der Waals surface area contributed by atoms with E-state index >= 15 is 0 Å². The lowest BCUT2D eigenvalue weighted by Crippen LogP contribution is -2.33. The molecule has 0 saturated heterocycles. The topological polar surface area (TPSA) is 59.5 Å². The fourth-order valence-corrected chi connectivity index (χ4v) is 2.28. The third-order valence-electron chi connectivity index (χ3n) is 3.66. The number of benzene rings is 1. The number of ether oxygens (including phenoxy) is 1. The third kappa shape index (κ3) is 5.30. The number of carbonyl (C=O) groups excluding carboxylic acids is 2. The van der Waals surface area contributed by atoms with Crippen molar-refractivity contribution in [2.45, 2.75) is 19.1 Å². The minimum atomic E-state index is -4.47. The van der Waals surface area contributed by atoms with Crippen LogP contribution in [0, 0.1) is 0 Å². The van der Waals surface area contributed by atoms with Gasteiger partial charge in [0.05, 0.1) is 19.1 Å². The second-order valence-electron chi connectivity index (χ2n) is 5.49. The molecule has 5 nitrogen and oxygen atoms in total. The molecule has 0 radical (unpaired) electrons. The molecule has 0 atom stereocenters. The highest BCUT2D eigenvalue weighted by Gasteiger charge is 2.30. The number of methoxy groups -OCH3 is 1. The number of rotatable bonds is 6. The fourth-order valence-electron chi connectivity index (χ4n) is 2.28. The van der Waals surface area contributed by atoms with Gasteiger partial charge >= 0.3 is 12.1 Å². The smallest absolute Gasteiger partial charge is 0.416 e. The number of halogens is 3. The van der Waals surface area contributed by atoms with Gasteiger partial charge in [0.2, 0.25) is 0 Å². The van der Waals surface area contributed by atoms with Crippen LogP contribution in [0.2, 0.25) is 0 Å². The summed E-state index contributed by atoms with van der Waals surface area (Å²) < 4.78 is 42.6. The Bertz CT molecular complexity index is 747. The van der Waals surface area contributed by atoms with Crippen LogP contribution in [0.25, 0.3) is 0 Å². The average Bonchev–Trinajstić information content (AvgIpc) is 2.64. The predicted octanol–water partition coefficient (Wildman–Crippen LogP) is 3.31. The van der Waals surface area contributed by atoms with Crippen LogP contribution in [0.15, 0.2) is 48.8 Å². The van der Waals surface area contributed by atoms with E-state index in [0.29, 0.717) is 0 Å². The first-order valence-electron chi connectivity index (χ1n) is 7.73. The van der Waals surface area contributed by atoms with Crippen LogP contribution in [0.3, 0.4) is 0 Å². The molecule has 0 spiro atoms. The maximum absolute atomic E-state index is 12.7. The average molecular weight is 366 g/mol. The fraction of sp³-hybridized carbons (Fsp3) is 0.278. The molecule has 0 bridgehead atoms. The lowest BCUT2D eigenvalue weighted by Gasteiger charge is -2.22. The number of amides is 1. The van der Waals surface area contributed by atoms with Crippen molar-refractivity contribution in [3.05, 3.63) is 65.5 Å². The molecular formula is C18H17F3N2O3. The maximum Gasteiger partial charge on any atom is 0.416 e. The highest BCUT2D eigenvalue weighted by molar-refractivity contribution is 5.94. The summed E-state index contributed by atoms with van der Waals surface area (Å²) in [5, 5.41) is 0. The Labute approximate surface area is 148 Å². The molecule has 8 heteroatoms. The van der Waals surface area contributed by atoms with Gasteiger partial charge in [0.15, 0.2) is 0 Å². The van der Waals surface area contributed by atoms with Crippen LogP contribution < -0.4 is 0 Å². The first-order chi connectivity index (χ1) is 12.3. The molecule has 0 unspecified atom stereocenters. The molecule has 0 aliphatic rings. The van der Waals surface area contributed by atoms with Gasteiger partial charge in [-0.05, 0) is 35.9 Å². The van der Waals surface area contributed by atoms with E-state index in [2.05, 4.69) is 9.72 Å². The van der Waals surface area contributed by atoms with Crippen LogP contribution in [0.5, 0.6) is 0 Å². The molecule has 0 saturated carbocycles. The Morgan fingerprint density at radius 2 is 1.85 bits per heavy atom. The van der Waals surface area contributed by atoms with Gasteiger partial charge in [0.25, 0.3) is 5.91 Å². The van der Waals surface area contributed by atoms with Crippen molar-refractivity contribution in [3.63, 3.8) is 0 Å². The Morgan fingerprint density at radius 1 is 1.15 bits per heavy atom. The first-order valence-corrected chi connectivity index (χ1v) is 7.73. The van der Waals surface area contributed by atoms with Gasteiger partial charge in [-0.3, -0.25) is 14.6 Å². The Hall–Kier alpha value is -2.90. The molecule has 1 amide bonds.